The maximum atomic E-state index is 11.1. The summed E-state index contributed by atoms with van der Waals surface area (Å²) in [5.74, 6) is 0. The third-order valence-electron chi connectivity index (χ3n) is 2.56. The maximum absolute atomic E-state index is 11.1. The molecule has 17 heavy (non-hydrogen) atoms. The van der Waals surface area contributed by atoms with Crippen LogP contribution >= 0.6 is 0 Å². The molecule has 8 heteroatoms. The molecule has 0 bridgehead atoms. The van der Waals surface area contributed by atoms with Crippen molar-refractivity contribution < 1.29 is 13.5 Å². The third kappa shape index (κ3) is 3.25. The lowest BCUT2D eigenvalue weighted by atomic mass is 10.2. The summed E-state index contributed by atoms with van der Waals surface area (Å²) in [4.78, 5) is 0. The fourth-order valence-corrected chi connectivity index (χ4v) is 2.18. The van der Waals surface area contributed by atoms with Crippen molar-refractivity contribution in [2.45, 2.75) is 18.9 Å². The van der Waals surface area contributed by atoms with Gasteiger partial charge in [0, 0.05) is 20.2 Å². The van der Waals surface area contributed by atoms with Crippen LogP contribution in [0.4, 0.5) is 5.69 Å². The van der Waals surface area contributed by atoms with Crippen LogP contribution < -0.4 is 9.84 Å². The molecule has 0 amide bonds. The van der Waals surface area contributed by atoms with Crippen molar-refractivity contribution in [2.75, 3.05) is 17.6 Å². The number of aryl methyl sites for hydroxylation is 1. The van der Waals surface area contributed by atoms with Crippen molar-refractivity contribution in [1.82, 2.24) is 15.2 Å². The van der Waals surface area contributed by atoms with Crippen LogP contribution in [0.3, 0.4) is 0 Å². The van der Waals surface area contributed by atoms with E-state index in [0.29, 0.717) is 12.2 Å². The lowest BCUT2D eigenvalue weighted by molar-refractivity contribution is 0.110. The minimum Gasteiger partial charge on any atom is -0.754 e. The van der Waals surface area contributed by atoms with Gasteiger partial charge in [0.1, 0.15) is 5.69 Å². The summed E-state index contributed by atoms with van der Waals surface area (Å²) in [6, 6.07) is 0. The van der Waals surface area contributed by atoms with E-state index >= 15 is 0 Å². The molecule has 1 unspecified atom stereocenters. The third-order valence-corrected chi connectivity index (χ3v) is 3.20. The number of hydrogen-bond acceptors (Lipinski definition) is 5. The molecule has 2 rings (SSSR count). The zero-order chi connectivity index (χ0) is 12.3. The van der Waals surface area contributed by atoms with Gasteiger partial charge in [0.05, 0.1) is 29.8 Å². The highest BCUT2D eigenvalue weighted by Crippen LogP contribution is 2.14. The Morgan fingerprint density at radius 3 is 3.18 bits per heavy atom. The summed E-state index contributed by atoms with van der Waals surface area (Å²) in [7, 11) is 1.73. The first-order valence-electron chi connectivity index (χ1n) is 5.40. The minimum atomic E-state index is -2.38. The number of nitrogens with zero attached hydrogens (tertiary/aromatic N) is 3. The highest BCUT2D eigenvalue weighted by atomic mass is 32.2. The number of hydrazine groups is 1. The fourth-order valence-electron chi connectivity index (χ4n) is 1.73. The second-order valence-electron chi connectivity index (χ2n) is 3.88. The van der Waals surface area contributed by atoms with E-state index in [1.807, 2.05) is 0 Å². The zero-order valence-corrected chi connectivity index (χ0v) is 10.4. The smallest absolute Gasteiger partial charge is 0.104 e. The van der Waals surface area contributed by atoms with Crippen LogP contribution in [0.25, 0.3) is 0 Å². The van der Waals surface area contributed by atoms with E-state index in [0.717, 1.165) is 23.9 Å². The van der Waals surface area contributed by atoms with Crippen molar-refractivity contribution in [3.63, 3.8) is 0 Å². The maximum Gasteiger partial charge on any atom is 0.104 e. The Hall–Kier alpha value is -0.960. The monoisotopic (exact) mass is 259 g/mol. The Morgan fingerprint density at radius 1 is 1.82 bits per heavy atom. The summed E-state index contributed by atoms with van der Waals surface area (Å²) >= 11 is -2.38. The van der Waals surface area contributed by atoms with Crippen LogP contribution in [0, 0.1) is 0 Å². The molecule has 2 atom stereocenters. The standard InChI is InChI=1S/C9H16N4O3S/c1-12-7-8(5-10-12)13(17(14)15)11-6-9-3-2-4-16-9/h5,7,9,11H,2-4,6H2,1H3,(H,14,15)/p-1/t9-/m1/s1. The van der Waals surface area contributed by atoms with Crippen molar-refractivity contribution in [3.05, 3.63) is 12.4 Å². The molecule has 0 aromatic carbocycles. The van der Waals surface area contributed by atoms with Gasteiger partial charge in [-0.2, -0.15) is 5.10 Å². The van der Waals surface area contributed by atoms with Crippen LogP contribution in [-0.4, -0.2) is 37.8 Å². The first-order chi connectivity index (χ1) is 8.16. The van der Waals surface area contributed by atoms with Crippen LogP contribution in [0.15, 0.2) is 12.4 Å². The van der Waals surface area contributed by atoms with Crippen molar-refractivity contribution in [3.8, 4) is 0 Å². The first kappa shape index (κ1) is 12.5. The second kappa shape index (κ2) is 5.58. The lowest BCUT2D eigenvalue weighted by Crippen LogP contribution is -2.43. The van der Waals surface area contributed by atoms with Crippen LogP contribution in [0.1, 0.15) is 12.8 Å². The normalized spacial score (nSPS) is 21.6. The molecule has 1 aliphatic rings. The van der Waals surface area contributed by atoms with E-state index in [1.54, 1.807) is 17.9 Å². The Labute approximate surface area is 102 Å². The van der Waals surface area contributed by atoms with E-state index in [-0.39, 0.29) is 6.10 Å². The Kier molecular flexibility index (Phi) is 4.11. The van der Waals surface area contributed by atoms with Crippen LogP contribution in [0.2, 0.25) is 0 Å². The highest BCUT2D eigenvalue weighted by Gasteiger charge is 2.17. The molecular weight excluding hydrogens is 244 g/mol. The van der Waals surface area contributed by atoms with Gasteiger partial charge in [0.25, 0.3) is 0 Å². The molecular formula is C9H15N4O3S-. The molecule has 1 aromatic rings. The van der Waals surface area contributed by atoms with Crippen LogP contribution in [0.5, 0.6) is 0 Å². The van der Waals surface area contributed by atoms with Gasteiger partial charge in [-0.15, -0.1) is 0 Å². The topological polar surface area (TPSA) is 82.5 Å². The van der Waals surface area contributed by atoms with E-state index in [1.165, 1.54) is 6.20 Å². The molecule has 1 fully saturated rings. The molecule has 1 aliphatic heterocycles. The lowest BCUT2D eigenvalue weighted by Gasteiger charge is -2.26. The molecule has 0 spiro atoms. The predicted octanol–water partition coefficient (Wildman–Crippen LogP) is -0.296. The fraction of sp³-hybridized carbons (Fsp3) is 0.667. The molecule has 1 saturated heterocycles. The molecule has 0 radical (unpaired) electrons. The zero-order valence-electron chi connectivity index (χ0n) is 9.54. The predicted molar refractivity (Wildman–Crippen MR) is 61.6 cm³/mol. The average molecular weight is 259 g/mol. The largest absolute Gasteiger partial charge is 0.754 e. The summed E-state index contributed by atoms with van der Waals surface area (Å²) in [5, 5.41) is 3.93. The number of rotatable bonds is 5. The molecule has 7 nitrogen and oxygen atoms in total. The number of aromatic nitrogens is 2. The molecule has 1 N–H and O–H groups in total. The van der Waals surface area contributed by atoms with E-state index in [4.69, 9.17) is 4.74 Å². The average Bonchev–Trinajstić information content (AvgIpc) is 2.90. The van der Waals surface area contributed by atoms with Gasteiger partial charge in [-0.3, -0.25) is 8.89 Å². The molecule has 0 saturated carbocycles. The Balaban J connectivity index is 1.95. The van der Waals surface area contributed by atoms with E-state index < -0.39 is 11.3 Å². The molecule has 0 aliphatic carbocycles. The van der Waals surface area contributed by atoms with E-state index in [9.17, 15) is 8.76 Å². The summed E-state index contributed by atoms with van der Waals surface area (Å²) in [6.07, 6.45) is 5.17. The van der Waals surface area contributed by atoms with E-state index in [2.05, 4.69) is 10.5 Å². The van der Waals surface area contributed by atoms with Gasteiger partial charge >= 0.3 is 0 Å². The molecule has 96 valence electrons. The SMILES string of the molecule is Cn1cc(N(NC[C@H]2CCCO2)S(=O)[O-])cn1. The Bertz CT molecular complexity index is 391. The van der Waals surface area contributed by atoms with Crippen molar-refractivity contribution in [2.24, 2.45) is 7.05 Å². The van der Waals surface area contributed by atoms with Gasteiger partial charge < -0.3 is 9.29 Å². The summed E-state index contributed by atoms with van der Waals surface area (Å²) in [6.45, 7) is 1.22. The van der Waals surface area contributed by atoms with Gasteiger partial charge in [-0.25, -0.2) is 9.84 Å². The van der Waals surface area contributed by atoms with Gasteiger partial charge in [0.2, 0.25) is 0 Å². The molecule has 1 aromatic heterocycles. The van der Waals surface area contributed by atoms with Gasteiger partial charge in [0.15, 0.2) is 0 Å². The minimum absolute atomic E-state index is 0.0812. The quantitative estimate of drug-likeness (QED) is 0.580. The molecule has 2 heterocycles. The number of hydrogen-bond donors (Lipinski definition) is 1. The van der Waals surface area contributed by atoms with Crippen molar-refractivity contribution >= 4 is 17.0 Å². The highest BCUT2D eigenvalue weighted by molar-refractivity contribution is 7.80. The first-order valence-corrected chi connectivity index (χ1v) is 6.43. The Morgan fingerprint density at radius 2 is 2.65 bits per heavy atom. The van der Waals surface area contributed by atoms with Crippen molar-refractivity contribution in [1.29, 1.82) is 0 Å². The van der Waals surface area contributed by atoms with Gasteiger partial charge in [-0.05, 0) is 12.8 Å². The number of anilines is 1. The van der Waals surface area contributed by atoms with Gasteiger partial charge in [-0.1, -0.05) is 0 Å². The summed E-state index contributed by atoms with van der Waals surface area (Å²) < 4.78 is 30.2. The number of nitrogens with one attached hydrogen (secondary N) is 1. The summed E-state index contributed by atoms with van der Waals surface area (Å²) in [5.41, 5.74) is 3.32. The second-order valence-corrected chi connectivity index (χ2v) is 4.68. The van der Waals surface area contributed by atoms with Crippen LogP contribution in [-0.2, 0) is 23.1 Å². The number of ether oxygens (including phenoxy) is 1.